The summed E-state index contributed by atoms with van der Waals surface area (Å²) < 4.78 is 20.4. The number of halogens is 1. The summed E-state index contributed by atoms with van der Waals surface area (Å²) in [6, 6.07) is 15.8. The fraction of sp³-hybridized carbons (Fsp3) is 0.417. The van der Waals surface area contributed by atoms with Crippen molar-refractivity contribution in [1.29, 1.82) is 0 Å². The van der Waals surface area contributed by atoms with Gasteiger partial charge in [0.05, 0.1) is 6.10 Å². The minimum absolute atomic E-state index is 0.0339. The Hall–Kier alpha value is -1.95. The van der Waals surface area contributed by atoms with Crippen LogP contribution in [0.15, 0.2) is 54.6 Å². The van der Waals surface area contributed by atoms with Gasteiger partial charge in [-0.15, -0.1) is 0 Å². The maximum atomic E-state index is 14.9. The average Bonchev–Trinajstić information content (AvgIpc) is 2.74. The number of benzene rings is 2. The Morgan fingerprint density at radius 1 is 1.21 bits per heavy atom. The van der Waals surface area contributed by atoms with Crippen LogP contribution in [0.4, 0.5) is 4.39 Å². The van der Waals surface area contributed by atoms with E-state index in [9.17, 15) is 14.3 Å². The lowest BCUT2D eigenvalue weighted by Gasteiger charge is -2.46. The summed E-state index contributed by atoms with van der Waals surface area (Å²) in [5, 5.41) is 10.2. The van der Waals surface area contributed by atoms with E-state index in [0.717, 1.165) is 6.42 Å². The fourth-order valence-electron chi connectivity index (χ4n) is 4.61. The Labute approximate surface area is 176 Å². The van der Waals surface area contributed by atoms with Crippen LogP contribution in [0, 0.1) is 11.7 Å². The second kappa shape index (κ2) is 9.70. The number of aliphatic hydroxyl groups excluding tert-OH is 1. The third-order valence-corrected chi connectivity index (χ3v) is 6.46. The Balaban J connectivity index is 1.89. The van der Waals surface area contributed by atoms with E-state index < -0.39 is 5.41 Å². The first-order valence-corrected chi connectivity index (χ1v) is 10.4. The van der Waals surface area contributed by atoms with Crippen LogP contribution in [0.2, 0.25) is 0 Å². The molecule has 2 aromatic carbocycles. The predicted octanol–water partition coefficient (Wildman–Crippen LogP) is 4.90. The molecule has 0 bridgehead atoms. The number of ether oxygens (including phenoxy) is 1. The molecular weight excluding hydrogens is 387 g/mol. The molecule has 0 amide bonds. The van der Waals surface area contributed by atoms with Gasteiger partial charge in [0.15, 0.2) is 5.78 Å². The summed E-state index contributed by atoms with van der Waals surface area (Å²) in [4.78, 5) is 13.2. The van der Waals surface area contributed by atoms with Crippen LogP contribution in [-0.4, -0.2) is 35.6 Å². The Kier molecular flexibility index (Phi) is 7.28. The summed E-state index contributed by atoms with van der Waals surface area (Å²) in [6.07, 6.45) is 2.61. The van der Waals surface area contributed by atoms with Crippen molar-refractivity contribution < 1.29 is 19.0 Å². The molecule has 29 heavy (non-hydrogen) atoms. The number of hydrogen-bond acceptors (Lipinski definition) is 4. The summed E-state index contributed by atoms with van der Waals surface area (Å²) in [5.74, 6) is -0.521. The van der Waals surface area contributed by atoms with Gasteiger partial charge in [-0.25, -0.2) is 4.39 Å². The highest BCUT2D eigenvalue weighted by Gasteiger charge is 2.46. The minimum atomic E-state index is -0.636. The van der Waals surface area contributed by atoms with Crippen LogP contribution < -0.4 is 0 Å². The smallest absolute Gasteiger partial charge is 0.167 e. The second-order valence-corrected chi connectivity index (χ2v) is 8.41. The first-order valence-electron chi connectivity index (χ1n) is 9.98. The van der Waals surface area contributed by atoms with E-state index in [0.29, 0.717) is 35.3 Å². The van der Waals surface area contributed by atoms with Crippen molar-refractivity contribution in [2.75, 3.05) is 13.7 Å². The SMILES string of the molecule is COC1CC[C@@](CC(=S)CC(=O)c2ccccc2)(c2ccccc2F)[C@H](CO)C1. The van der Waals surface area contributed by atoms with Crippen molar-refractivity contribution in [2.45, 2.75) is 43.6 Å². The standard InChI is InChI=1S/C24H27FO3S/c1-28-19-11-12-24(18(13-19)16-26,21-9-5-6-10-22(21)25)15-20(29)14-23(27)17-7-3-2-4-8-17/h2-10,18-19,26H,11-16H2,1H3/t18-,19?,24-/m0/s1. The van der Waals surface area contributed by atoms with Crippen molar-refractivity contribution in [3.8, 4) is 0 Å². The summed E-state index contributed by atoms with van der Waals surface area (Å²) in [7, 11) is 1.67. The van der Waals surface area contributed by atoms with Gasteiger partial charge in [-0.05, 0) is 43.2 Å². The molecule has 1 saturated carbocycles. The third kappa shape index (κ3) is 4.80. The number of aliphatic hydroxyl groups is 1. The minimum Gasteiger partial charge on any atom is -0.396 e. The Bertz CT molecular complexity index is 854. The maximum absolute atomic E-state index is 14.9. The quantitative estimate of drug-likeness (QED) is 0.493. The molecule has 1 fully saturated rings. The summed E-state index contributed by atoms with van der Waals surface area (Å²) >= 11 is 5.63. The number of ketones is 1. The highest BCUT2D eigenvalue weighted by atomic mass is 32.1. The zero-order chi connectivity index (χ0) is 20.9. The van der Waals surface area contributed by atoms with Crippen LogP contribution in [0.3, 0.4) is 0 Å². The molecule has 3 atom stereocenters. The third-order valence-electron chi connectivity index (χ3n) is 6.17. The molecule has 0 radical (unpaired) electrons. The molecule has 2 aromatic rings. The maximum Gasteiger partial charge on any atom is 0.167 e. The first-order chi connectivity index (χ1) is 14.0. The van der Waals surface area contributed by atoms with Gasteiger partial charge in [0.25, 0.3) is 0 Å². The van der Waals surface area contributed by atoms with E-state index in [1.54, 1.807) is 31.4 Å². The largest absolute Gasteiger partial charge is 0.396 e. The lowest BCUT2D eigenvalue weighted by atomic mass is 9.59. The number of rotatable bonds is 8. The molecule has 0 aromatic heterocycles. The van der Waals surface area contributed by atoms with E-state index in [4.69, 9.17) is 17.0 Å². The van der Waals surface area contributed by atoms with Gasteiger partial charge in [-0.3, -0.25) is 4.79 Å². The molecule has 1 aliphatic carbocycles. The van der Waals surface area contributed by atoms with Crippen molar-refractivity contribution in [3.63, 3.8) is 0 Å². The van der Waals surface area contributed by atoms with Crippen LogP contribution >= 0.6 is 12.2 Å². The van der Waals surface area contributed by atoms with Gasteiger partial charge in [0.1, 0.15) is 5.82 Å². The number of carbonyl (C=O) groups is 1. The second-order valence-electron chi connectivity index (χ2n) is 7.83. The van der Waals surface area contributed by atoms with Crippen molar-refractivity contribution >= 4 is 22.9 Å². The highest BCUT2D eigenvalue weighted by Crippen LogP contribution is 2.48. The predicted molar refractivity (Wildman–Crippen MR) is 116 cm³/mol. The molecule has 0 saturated heterocycles. The molecule has 0 aliphatic heterocycles. The molecule has 154 valence electrons. The van der Waals surface area contributed by atoms with E-state index in [-0.39, 0.29) is 36.7 Å². The molecular formula is C24H27FO3S. The zero-order valence-corrected chi connectivity index (χ0v) is 17.5. The van der Waals surface area contributed by atoms with E-state index in [1.165, 1.54) is 6.07 Å². The number of Topliss-reactive ketones (excluding diaryl/α,β-unsaturated/α-hetero) is 1. The fourth-order valence-corrected chi connectivity index (χ4v) is 5.00. The average molecular weight is 415 g/mol. The van der Waals surface area contributed by atoms with Gasteiger partial charge in [0.2, 0.25) is 0 Å². The van der Waals surface area contributed by atoms with Crippen LogP contribution in [0.5, 0.6) is 0 Å². The van der Waals surface area contributed by atoms with E-state index in [2.05, 4.69) is 0 Å². The number of thiocarbonyl (C=S) groups is 1. The van der Waals surface area contributed by atoms with Gasteiger partial charge in [-0.1, -0.05) is 60.7 Å². The lowest BCUT2D eigenvalue weighted by Crippen LogP contribution is -2.46. The van der Waals surface area contributed by atoms with Gasteiger partial charge < -0.3 is 9.84 Å². The zero-order valence-electron chi connectivity index (χ0n) is 16.6. The molecule has 1 unspecified atom stereocenters. The molecule has 5 heteroatoms. The number of carbonyl (C=O) groups excluding carboxylic acids is 1. The van der Waals surface area contributed by atoms with Crippen LogP contribution in [-0.2, 0) is 10.2 Å². The summed E-state index contributed by atoms with van der Waals surface area (Å²) in [6.45, 7) is -0.0799. The molecule has 1 N–H and O–H groups in total. The van der Waals surface area contributed by atoms with Crippen molar-refractivity contribution in [1.82, 2.24) is 0 Å². The van der Waals surface area contributed by atoms with Gasteiger partial charge in [0, 0.05) is 36.0 Å². The molecule has 3 rings (SSSR count). The number of hydrogen-bond donors (Lipinski definition) is 1. The van der Waals surface area contributed by atoms with E-state index in [1.807, 2.05) is 24.3 Å². The Morgan fingerprint density at radius 2 is 1.90 bits per heavy atom. The van der Waals surface area contributed by atoms with Crippen molar-refractivity contribution in [3.05, 3.63) is 71.5 Å². The molecule has 0 spiro atoms. The van der Waals surface area contributed by atoms with Crippen molar-refractivity contribution in [2.24, 2.45) is 5.92 Å². The van der Waals surface area contributed by atoms with Gasteiger partial charge in [-0.2, -0.15) is 0 Å². The normalized spacial score (nSPS) is 24.2. The Morgan fingerprint density at radius 3 is 2.55 bits per heavy atom. The van der Waals surface area contributed by atoms with Crippen LogP contribution in [0.25, 0.3) is 0 Å². The summed E-state index contributed by atoms with van der Waals surface area (Å²) in [5.41, 5.74) is 0.558. The molecule has 0 heterocycles. The first kappa shape index (κ1) is 21.8. The molecule has 3 nitrogen and oxygen atoms in total. The van der Waals surface area contributed by atoms with Crippen LogP contribution in [0.1, 0.15) is 48.0 Å². The monoisotopic (exact) mass is 414 g/mol. The lowest BCUT2D eigenvalue weighted by molar-refractivity contribution is -0.00254. The van der Waals surface area contributed by atoms with E-state index >= 15 is 0 Å². The van der Waals surface area contributed by atoms with Gasteiger partial charge >= 0.3 is 0 Å². The highest BCUT2D eigenvalue weighted by molar-refractivity contribution is 7.80. The molecule has 1 aliphatic rings. The number of methoxy groups -OCH3 is 1. The topological polar surface area (TPSA) is 46.5 Å².